The predicted molar refractivity (Wildman–Crippen MR) is 123 cm³/mol. The molecule has 1 N–H and O–H groups in total. The van der Waals surface area contributed by atoms with Gasteiger partial charge in [-0.1, -0.05) is 32.9 Å². The zero-order valence-corrected chi connectivity index (χ0v) is 20.9. The van der Waals surface area contributed by atoms with Crippen LogP contribution in [0.5, 0.6) is 0 Å². The first kappa shape index (κ1) is 24.6. The highest BCUT2D eigenvalue weighted by Crippen LogP contribution is 2.66. The molecule has 1 spiro atoms. The Kier molecular flexibility index (Phi) is 5.29. The van der Waals surface area contributed by atoms with E-state index in [1.165, 1.54) is 24.7 Å². The Balaban J connectivity index is 1.63. The number of Topliss-reactive ketones (excluding diaryl/α,β-unsaturated/α-hetero) is 1. The van der Waals surface area contributed by atoms with Crippen LogP contribution in [-0.4, -0.2) is 54.0 Å². The van der Waals surface area contributed by atoms with Crippen LogP contribution in [0.4, 0.5) is 0 Å². The third-order valence-corrected chi connectivity index (χ3v) is 8.84. The Labute approximate surface area is 208 Å². The molecule has 5 rings (SSSR count). The minimum Gasteiger partial charge on any atom is -0.472 e. The molecule has 1 aromatic heterocycles. The Morgan fingerprint density at radius 2 is 1.89 bits per heavy atom. The zero-order valence-electron chi connectivity index (χ0n) is 20.9. The summed E-state index contributed by atoms with van der Waals surface area (Å²) >= 11 is 0. The Morgan fingerprint density at radius 1 is 1.19 bits per heavy atom. The van der Waals surface area contributed by atoms with Gasteiger partial charge in [-0.25, -0.2) is 4.79 Å². The summed E-state index contributed by atoms with van der Waals surface area (Å²) in [6, 6.07) is 1.72. The molecule has 192 valence electrons. The van der Waals surface area contributed by atoms with Gasteiger partial charge in [0.2, 0.25) is 0 Å². The molecular formula is C27H30O9. The molecule has 9 heteroatoms. The number of hydrogen-bond acceptors (Lipinski definition) is 9. The van der Waals surface area contributed by atoms with Crippen molar-refractivity contribution in [1.29, 1.82) is 0 Å². The number of carbonyl (C=O) groups is 4. The van der Waals surface area contributed by atoms with Crippen molar-refractivity contribution in [2.45, 2.75) is 51.9 Å². The summed E-state index contributed by atoms with van der Waals surface area (Å²) in [5.41, 5.74) is -3.40. The van der Waals surface area contributed by atoms with E-state index in [0.29, 0.717) is 11.1 Å². The van der Waals surface area contributed by atoms with Gasteiger partial charge >= 0.3 is 11.9 Å². The van der Waals surface area contributed by atoms with Crippen LogP contribution in [-0.2, 0) is 33.4 Å². The van der Waals surface area contributed by atoms with Gasteiger partial charge < -0.3 is 23.7 Å². The lowest BCUT2D eigenvalue weighted by atomic mass is 9.54. The second-order valence-electron chi connectivity index (χ2n) is 11.3. The number of aliphatic hydroxyl groups excluding tert-OH is 1. The van der Waals surface area contributed by atoms with E-state index in [2.05, 4.69) is 0 Å². The maximum atomic E-state index is 14.4. The smallest absolute Gasteiger partial charge is 0.335 e. The van der Waals surface area contributed by atoms with Crippen LogP contribution in [0.1, 0.15) is 45.8 Å². The van der Waals surface area contributed by atoms with Crippen LogP contribution in [0.3, 0.4) is 0 Å². The van der Waals surface area contributed by atoms with Crippen molar-refractivity contribution < 1.29 is 42.9 Å². The standard InChI is InChI=1S/C27H30O9/c1-24(2)17(28)6-8-25(3,20(24)19(30)23(32)33-5)21(31)15-11-26(4)16(27(15)13-35-27)10-18(29)36-22(26)14-7-9-34-12-14/h6-9,11-12,16,19-20,22,30H,10,13H2,1-5H3/t16-,19-,20+,22+,25+,26-,27+/m1/s1. The third-order valence-electron chi connectivity index (χ3n) is 8.84. The molecule has 9 nitrogen and oxygen atoms in total. The number of methoxy groups -OCH3 is 1. The molecule has 0 unspecified atom stereocenters. The van der Waals surface area contributed by atoms with E-state index in [-0.39, 0.29) is 30.5 Å². The van der Waals surface area contributed by atoms with Crippen molar-refractivity contribution in [2.24, 2.45) is 28.1 Å². The fraction of sp³-hybridized carbons (Fsp3) is 0.556. The molecule has 0 aromatic carbocycles. The van der Waals surface area contributed by atoms with E-state index in [4.69, 9.17) is 18.6 Å². The highest BCUT2D eigenvalue weighted by molar-refractivity contribution is 6.08. The number of carbonyl (C=O) groups excluding carboxylic acids is 4. The highest BCUT2D eigenvalue weighted by Gasteiger charge is 2.71. The van der Waals surface area contributed by atoms with Gasteiger partial charge in [-0.2, -0.15) is 0 Å². The van der Waals surface area contributed by atoms with Crippen LogP contribution in [0.2, 0.25) is 0 Å². The third kappa shape index (κ3) is 3.15. The second-order valence-corrected chi connectivity index (χ2v) is 11.3. The largest absolute Gasteiger partial charge is 0.472 e. The highest BCUT2D eigenvalue weighted by atomic mass is 16.6. The van der Waals surface area contributed by atoms with Crippen molar-refractivity contribution in [3.8, 4) is 0 Å². The van der Waals surface area contributed by atoms with Gasteiger partial charge in [-0.15, -0.1) is 0 Å². The van der Waals surface area contributed by atoms with Gasteiger partial charge in [0.15, 0.2) is 17.7 Å². The summed E-state index contributed by atoms with van der Waals surface area (Å²) in [4.78, 5) is 52.3. The summed E-state index contributed by atoms with van der Waals surface area (Å²) in [5, 5.41) is 11.0. The van der Waals surface area contributed by atoms with Crippen molar-refractivity contribution in [1.82, 2.24) is 0 Å². The van der Waals surface area contributed by atoms with Gasteiger partial charge in [0, 0.05) is 33.8 Å². The van der Waals surface area contributed by atoms with Gasteiger partial charge in [0.1, 0.15) is 11.7 Å². The van der Waals surface area contributed by atoms with Crippen LogP contribution in [0.25, 0.3) is 0 Å². The van der Waals surface area contributed by atoms with E-state index >= 15 is 0 Å². The fourth-order valence-corrected chi connectivity index (χ4v) is 6.84. The lowest BCUT2D eigenvalue weighted by Crippen LogP contribution is -2.56. The number of ketones is 2. The number of epoxide rings is 1. The number of allylic oxidation sites excluding steroid dienone is 2. The zero-order chi connectivity index (χ0) is 26.3. The van der Waals surface area contributed by atoms with Gasteiger partial charge in [-0.3, -0.25) is 14.4 Å². The van der Waals surface area contributed by atoms with Gasteiger partial charge in [0.05, 0.1) is 38.1 Å². The summed E-state index contributed by atoms with van der Waals surface area (Å²) in [6.07, 6.45) is 5.31. The fourth-order valence-electron chi connectivity index (χ4n) is 6.84. The average Bonchev–Trinajstić information content (AvgIpc) is 3.35. The normalized spacial score (nSPS) is 39.3. The van der Waals surface area contributed by atoms with E-state index in [1.54, 1.807) is 26.8 Å². The molecule has 7 atom stereocenters. The van der Waals surface area contributed by atoms with Gasteiger partial charge in [0.25, 0.3) is 0 Å². The molecule has 3 heterocycles. The number of ether oxygens (including phenoxy) is 3. The van der Waals surface area contributed by atoms with E-state index in [9.17, 15) is 24.3 Å². The molecule has 2 saturated heterocycles. The quantitative estimate of drug-likeness (QED) is 0.480. The van der Waals surface area contributed by atoms with E-state index in [1.807, 2.05) is 13.0 Å². The molecular weight excluding hydrogens is 468 g/mol. The van der Waals surface area contributed by atoms with Crippen molar-refractivity contribution in [2.75, 3.05) is 13.7 Å². The van der Waals surface area contributed by atoms with Crippen molar-refractivity contribution in [3.05, 3.63) is 48.0 Å². The summed E-state index contributed by atoms with van der Waals surface area (Å²) in [6.45, 7) is 7.01. The summed E-state index contributed by atoms with van der Waals surface area (Å²) in [7, 11) is 1.14. The number of fused-ring (bicyclic) bond motifs is 2. The maximum absolute atomic E-state index is 14.4. The minimum absolute atomic E-state index is 0.0723. The van der Waals surface area contributed by atoms with Gasteiger partial charge in [-0.05, 0) is 19.1 Å². The van der Waals surface area contributed by atoms with Crippen LogP contribution in [0.15, 0.2) is 46.8 Å². The molecule has 4 aliphatic rings. The van der Waals surface area contributed by atoms with Crippen LogP contribution >= 0.6 is 0 Å². The molecule has 0 radical (unpaired) electrons. The van der Waals surface area contributed by atoms with Crippen molar-refractivity contribution >= 4 is 23.5 Å². The number of esters is 2. The minimum atomic E-state index is -1.72. The molecule has 0 saturated carbocycles. The average molecular weight is 499 g/mol. The van der Waals surface area contributed by atoms with Crippen LogP contribution < -0.4 is 0 Å². The number of furan rings is 1. The van der Waals surface area contributed by atoms with Crippen LogP contribution in [0, 0.1) is 28.1 Å². The number of aliphatic hydroxyl groups is 1. The number of cyclic esters (lactones) is 1. The SMILES string of the molecule is COC(=O)[C@H](O)[C@H]1C(C)(C)C(=O)C=C[C@]1(C)C(=O)C1=C[C@]2(C)[C@@H](CC(=O)O[C@H]2c2ccoc2)[C@]12CO2. The summed E-state index contributed by atoms with van der Waals surface area (Å²) in [5.74, 6) is -3.46. The lowest BCUT2D eigenvalue weighted by molar-refractivity contribution is -0.171. The molecule has 2 aliphatic heterocycles. The molecule has 36 heavy (non-hydrogen) atoms. The Hall–Kier alpha value is -3.04. The molecule has 2 aliphatic carbocycles. The van der Waals surface area contributed by atoms with E-state index < -0.39 is 51.9 Å². The number of hydrogen-bond donors (Lipinski definition) is 1. The molecule has 1 aromatic rings. The maximum Gasteiger partial charge on any atom is 0.335 e. The summed E-state index contributed by atoms with van der Waals surface area (Å²) < 4.78 is 21.7. The molecule has 2 fully saturated rings. The topological polar surface area (TPSA) is 133 Å². The predicted octanol–water partition coefficient (Wildman–Crippen LogP) is 2.49. The number of rotatable bonds is 5. The first-order chi connectivity index (χ1) is 16.8. The first-order valence-corrected chi connectivity index (χ1v) is 12.0. The first-order valence-electron chi connectivity index (χ1n) is 12.0. The molecule has 0 bridgehead atoms. The lowest BCUT2D eigenvalue weighted by Gasteiger charge is -2.47. The van der Waals surface area contributed by atoms with E-state index in [0.717, 1.165) is 7.11 Å². The Morgan fingerprint density at radius 3 is 2.47 bits per heavy atom. The monoisotopic (exact) mass is 498 g/mol. The molecule has 0 amide bonds. The Bertz CT molecular complexity index is 1200. The van der Waals surface area contributed by atoms with Crippen molar-refractivity contribution in [3.63, 3.8) is 0 Å². The second kappa shape index (κ2) is 7.73.